The van der Waals surface area contributed by atoms with E-state index in [2.05, 4.69) is 47.4 Å². The quantitative estimate of drug-likeness (QED) is 0.924. The maximum atomic E-state index is 6.29. The summed E-state index contributed by atoms with van der Waals surface area (Å²) in [6, 6.07) is 15.1. The van der Waals surface area contributed by atoms with Gasteiger partial charge in [0, 0.05) is 23.8 Å². The van der Waals surface area contributed by atoms with Gasteiger partial charge in [-0.1, -0.05) is 41.9 Å². The number of hydrogen-bond donors (Lipinski definition) is 1. The zero-order valence-electron chi connectivity index (χ0n) is 12.3. The van der Waals surface area contributed by atoms with Crippen molar-refractivity contribution >= 4 is 17.3 Å². The average molecular weight is 301 g/mol. The van der Waals surface area contributed by atoms with E-state index in [1.807, 2.05) is 6.92 Å². The van der Waals surface area contributed by atoms with Crippen molar-refractivity contribution < 1.29 is 0 Å². The van der Waals surface area contributed by atoms with Crippen LogP contribution in [0, 0.1) is 6.92 Å². The largest absolute Gasteiger partial charge is 0.363 e. The highest BCUT2D eigenvalue weighted by Crippen LogP contribution is 2.34. The Bertz CT molecular complexity index is 639. The molecular weight excluding hydrogens is 280 g/mol. The number of aryl methyl sites for hydroxylation is 2. The van der Waals surface area contributed by atoms with Crippen LogP contribution in [0.3, 0.4) is 0 Å². The number of anilines is 1. The molecule has 1 aliphatic heterocycles. The van der Waals surface area contributed by atoms with Gasteiger partial charge in [0.25, 0.3) is 0 Å². The Hall–Kier alpha value is -1.51. The number of hydrogen-bond acceptors (Lipinski definition) is 2. The van der Waals surface area contributed by atoms with E-state index in [0.717, 1.165) is 23.6 Å². The van der Waals surface area contributed by atoms with Crippen LogP contribution in [0.5, 0.6) is 0 Å². The molecule has 3 heteroatoms. The highest BCUT2D eigenvalue weighted by Gasteiger charge is 2.24. The topological polar surface area (TPSA) is 29.3 Å². The van der Waals surface area contributed by atoms with Crippen LogP contribution in [-0.4, -0.2) is 13.1 Å². The number of nitrogens with zero attached hydrogens (tertiary/aromatic N) is 1. The highest BCUT2D eigenvalue weighted by atomic mass is 35.5. The zero-order chi connectivity index (χ0) is 14.8. The lowest BCUT2D eigenvalue weighted by Gasteiger charge is -2.38. The van der Waals surface area contributed by atoms with E-state index in [1.54, 1.807) is 0 Å². The first-order chi connectivity index (χ1) is 10.2. The summed E-state index contributed by atoms with van der Waals surface area (Å²) in [4.78, 5) is 2.43. The van der Waals surface area contributed by atoms with Crippen molar-refractivity contribution in [3.05, 3.63) is 64.2 Å². The third-order valence-corrected chi connectivity index (χ3v) is 4.73. The first-order valence-electron chi connectivity index (χ1n) is 7.51. The minimum Gasteiger partial charge on any atom is -0.363 e. The summed E-state index contributed by atoms with van der Waals surface area (Å²) in [5.74, 6) is 0. The summed E-state index contributed by atoms with van der Waals surface area (Å²) < 4.78 is 0. The van der Waals surface area contributed by atoms with Gasteiger partial charge in [-0.25, -0.2) is 0 Å². The predicted molar refractivity (Wildman–Crippen MR) is 90.1 cm³/mol. The van der Waals surface area contributed by atoms with Gasteiger partial charge < -0.3 is 10.6 Å². The SMILES string of the molecule is Cc1ccc(C(CN)N2CCCc3ccccc32)cc1Cl. The standard InChI is InChI=1S/C18H21ClN2/c1-13-8-9-15(11-16(13)19)18(12-20)21-10-4-6-14-5-2-3-7-17(14)21/h2-3,5,7-9,11,18H,4,6,10,12,20H2,1H3. The third-order valence-electron chi connectivity index (χ3n) is 4.33. The van der Waals surface area contributed by atoms with Crippen molar-refractivity contribution in [3.8, 4) is 0 Å². The Kier molecular flexibility index (Phi) is 4.18. The molecule has 1 aliphatic rings. The van der Waals surface area contributed by atoms with Gasteiger partial charge in [-0.15, -0.1) is 0 Å². The number of para-hydroxylation sites is 1. The molecule has 21 heavy (non-hydrogen) atoms. The Balaban J connectivity index is 1.99. The van der Waals surface area contributed by atoms with Gasteiger partial charge in [0.05, 0.1) is 6.04 Å². The number of halogens is 1. The number of rotatable bonds is 3. The van der Waals surface area contributed by atoms with E-state index in [4.69, 9.17) is 17.3 Å². The molecular formula is C18H21ClN2. The normalized spacial score (nSPS) is 15.7. The van der Waals surface area contributed by atoms with E-state index in [1.165, 1.54) is 23.2 Å². The summed E-state index contributed by atoms with van der Waals surface area (Å²) in [5, 5.41) is 0.816. The van der Waals surface area contributed by atoms with Crippen LogP contribution >= 0.6 is 11.6 Å². The number of benzene rings is 2. The van der Waals surface area contributed by atoms with Crippen molar-refractivity contribution in [1.29, 1.82) is 0 Å². The van der Waals surface area contributed by atoms with Gasteiger partial charge in [-0.3, -0.25) is 0 Å². The second-order valence-corrected chi connectivity index (χ2v) is 6.09. The molecule has 2 aromatic rings. The number of nitrogens with two attached hydrogens (primary N) is 1. The monoisotopic (exact) mass is 300 g/mol. The van der Waals surface area contributed by atoms with Gasteiger partial charge in [-0.05, 0) is 48.6 Å². The molecule has 0 saturated heterocycles. The molecule has 0 spiro atoms. The van der Waals surface area contributed by atoms with Gasteiger partial charge in [0.2, 0.25) is 0 Å². The first kappa shape index (κ1) is 14.4. The van der Waals surface area contributed by atoms with Gasteiger partial charge >= 0.3 is 0 Å². The lowest BCUT2D eigenvalue weighted by Crippen LogP contribution is -2.37. The molecule has 2 aromatic carbocycles. The lowest BCUT2D eigenvalue weighted by molar-refractivity contribution is 0.588. The fourth-order valence-corrected chi connectivity index (χ4v) is 3.34. The van der Waals surface area contributed by atoms with Crippen molar-refractivity contribution in [2.75, 3.05) is 18.0 Å². The maximum absolute atomic E-state index is 6.29. The van der Waals surface area contributed by atoms with E-state index in [0.29, 0.717) is 6.54 Å². The molecule has 1 unspecified atom stereocenters. The van der Waals surface area contributed by atoms with E-state index >= 15 is 0 Å². The molecule has 0 saturated carbocycles. The summed E-state index contributed by atoms with van der Waals surface area (Å²) in [6.07, 6.45) is 2.33. The molecule has 0 amide bonds. The minimum atomic E-state index is 0.185. The summed E-state index contributed by atoms with van der Waals surface area (Å²) in [7, 11) is 0. The van der Waals surface area contributed by atoms with Crippen molar-refractivity contribution in [3.63, 3.8) is 0 Å². The molecule has 0 aromatic heterocycles. The van der Waals surface area contributed by atoms with E-state index in [9.17, 15) is 0 Å². The third kappa shape index (κ3) is 2.78. The second-order valence-electron chi connectivity index (χ2n) is 5.69. The fraction of sp³-hybridized carbons (Fsp3) is 0.333. The van der Waals surface area contributed by atoms with Crippen LogP contribution in [0.1, 0.15) is 29.2 Å². The maximum Gasteiger partial charge on any atom is 0.0665 e. The summed E-state index contributed by atoms with van der Waals surface area (Å²) in [6.45, 7) is 3.66. The Morgan fingerprint density at radius 2 is 2.05 bits per heavy atom. The van der Waals surface area contributed by atoms with Gasteiger partial charge in [0.1, 0.15) is 0 Å². The van der Waals surface area contributed by atoms with Crippen LogP contribution in [0.2, 0.25) is 5.02 Å². The van der Waals surface area contributed by atoms with E-state index in [-0.39, 0.29) is 6.04 Å². The molecule has 0 fully saturated rings. The average Bonchev–Trinajstić information content (AvgIpc) is 2.52. The molecule has 0 radical (unpaired) electrons. The van der Waals surface area contributed by atoms with Gasteiger partial charge in [0.15, 0.2) is 0 Å². The Morgan fingerprint density at radius 1 is 1.24 bits per heavy atom. The smallest absolute Gasteiger partial charge is 0.0665 e. The lowest BCUT2D eigenvalue weighted by atomic mass is 9.96. The van der Waals surface area contributed by atoms with Crippen LogP contribution in [0.25, 0.3) is 0 Å². The van der Waals surface area contributed by atoms with E-state index < -0.39 is 0 Å². The zero-order valence-corrected chi connectivity index (χ0v) is 13.1. The van der Waals surface area contributed by atoms with Crippen molar-refractivity contribution in [2.24, 2.45) is 5.73 Å². The van der Waals surface area contributed by atoms with Gasteiger partial charge in [-0.2, -0.15) is 0 Å². The fourth-order valence-electron chi connectivity index (χ4n) is 3.15. The molecule has 1 heterocycles. The molecule has 3 rings (SSSR count). The summed E-state index contributed by atoms with van der Waals surface area (Å²) in [5.41, 5.74) is 11.1. The molecule has 0 aliphatic carbocycles. The molecule has 1 atom stereocenters. The van der Waals surface area contributed by atoms with Crippen molar-refractivity contribution in [1.82, 2.24) is 0 Å². The first-order valence-corrected chi connectivity index (χ1v) is 7.89. The van der Waals surface area contributed by atoms with Crippen LogP contribution in [0.4, 0.5) is 5.69 Å². The van der Waals surface area contributed by atoms with Crippen LogP contribution in [0.15, 0.2) is 42.5 Å². The molecule has 2 nitrogen and oxygen atoms in total. The number of fused-ring (bicyclic) bond motifs is 1. The Morgan fingerprint density at radius 3 is 2.81 bits per heavy atom. The Labute approximate surface area is 131 Å². The predicted octanol–water partition coefficient (Wildman–Crippen LogP) is 4.10. The van der Waals surface area contributed by atoms with Crippen molar-refractivity contribution in [2.45, 2.75) is 25.8 Å². The van der Waals surface area contributed by atoms with Crippen LogP contribution < -0.4 is 10.6 Å². The molecule has 2 N–H and O–H groups in total. The van der Waals surface area contributed by atoms with Crippen LogP contribution in [-0.2, 0) is 6.42 Å². The molecule has 0 bridgehead atoms. The highest BCUT2D eigenvalue weighted by molar-refractivity contribution is 6.31. The second kappa shape index (κ2) is 6.08. The molecule has 110 valence electrons. The minimum absolute atomic E-state index is 0.185. The summed E-state index contributed by atoms with van der Waals surface area (Å²) >= 11 is 6.29.